The molecule has 0 unspecified atom stereocenters. The summed E-state index contributed by atoms with van der Waals surface area (Å²) in [5.41, 5.74) is 2.45. The first-order valence-corrected chi connectivity index (χ1v) is 6.07. The van der Waals surface area contributed by atoms with Crippen LogP contribution in [0, 0.1) is 5.92 Å². The Morgan fingerprint density at radius 1 is 1.59 bits per heavy atom. The lowest BCUT2D eigenvalue weighted by molar-refractivity contribution is -0.148. The molecule has 0 saturated carbocycles. The number of hydrogen-bond donors (Lipinski definition) is 0. The Balaban J connectivity index is 2.00. The van der Waals surface area contributed by atoms with Crippen LogP contribution in [0.1, 0.15) is 31.7 Å². The molecule has 1 aliphatic carbocycles. The van der Waals surface area contributed by atoms with E-state index in [0.29, 0.717) is 6.61 Å². The largest absolute Gasteiger partial charge is 0.466 e. The Bertz CT molecular complexity index is 411. The molecule has 0 fully saturated rings. The molecule has 1 atom stereocenters. The third kappa shape index (κ3) is 2.93. The number of hydrogen-bond acceptors (Lipinski definition) is 3. The summed E-state index contributed by atoms with van der Waals surface area (Å²) in [6.45, 7) is 2.31. The van der Waals surface area contributed by atoms with Crippen LogP contribution < -0.4 is 0 Å². The Hall–Kier alpha value is -1.64. The van der Waals surface area contributed by atoms with Crippen LogP contribution in [0.15, 0.2) is 30.6 Å². The molecule has 90 valence electrons. The fourth-order valence-electron chi connectivity index (χ4n) is 2.12. The molecule has 3 nitrogen and oxygen atoms in total. The lowest BCUT2D eigenvalue weighted by atomic mass is 9.87. The molecule has 0 radical (unpaired) electrons. The van der Waals surface area contributed by atoms with Gasteiger partial charge in [-0.25, -0.2) is 0 Å². The van der Waals surface area contributed by atoms with Gasteiger partial charge in [-0.15, -0.1) is 0 Å². The van der Waals surface area contributed by atoms with Crippen molar-refractivity contribution in [1.29, 1.82) is 0 Å². The van der Waals surface area contributed by atoms with Crippen molar-refractivity contribution < 1.29 is 9.53 Å². The van der Waals surface area contributed by atoms with E-state index in [1.165, 1.54) is 5.57 Å². The van der Waals surface area contributed by atoms with Crippen molar-refractivity contribution in [2.24, 2.45) is 5.92 Å². The van der Waals surface area contributed by atoms with Crippen molar-refractivity contribution in [1.82, 2.24) is 4.98 Å². The summed E-state index contributed by atoms with van der Waals surface area (Å²) in [6.07, 6.45) is 8.37. The Morgan fingerprint density at radius 2 is 2.47 bits per heavy atom. The van der Waals surface area contributed by atoms with Gasteiger partial charge in [0, 0.05) is 12.4 Å². The third-order valence-corrected chi connectivity index (χ3v) is 3.06. The molecule has 0 bridgehead atoms. The normalized spacial score (nSPS) is 19.6. The Kier molecular flexibility index (Phi) is 3.91. The highest BCUT2D eigenvalue weighted by Crippen LogP contribution is 2.30. The highest BCUT2D eigenvalue weighted by molar-refractivity contribution is 5.75. The number of aromatic nitrogens is 1. The molecule has 0 aliphatic heterocycles. The summed E-state index contributed by atoms with van der Waals surface area (Å²) in [4.78, 5) is 15.7. The smallest absolute Gasteiger partial charge is 0.309 e. The van der Waals surface area contributed by atoms with Crippen LogP contribution in [-0.2, 0) is 9.53 Å². The molecule has 3 heteroatoms. The van der Waals surface area contributed by atoms with Crippen molar-refractivity contribution in [3.05, 3.63) is 36.2 Å². The number of carbonyl (C=O) groups is 1. The van der Waals surface area contributed by atoms with Crippen molar-refractivity contribution in [2.75, 3.05) is 6.61 Å². The fraction of sp³-hybridized carbons (Fsp3) is 0.429. The minimum atomic E-state index is -0.0611. The average Bonchev–Trinajstić information content (AvgIpc) is 2.40. The van der Waals surface area contributed by atoms with Crippen LogP contribution >= 0.6 is 0 Å². The summed E-state index contributed by atoms with van der Waals surface area (Å²) >= 11 is 0. The number of carbonyl (C=O) groups excluding carboxylic acids is 1. The van der Waals surface area contributed by atoms with Crippen molar-refractivity contribution >= 4 is 11.5 Å². The summed E-state index contributed by atoms with van der Waals surface area (Å²) in [7, 11) is 0. The minimum absolute atomic E-state index is 0.0374. The summed E-state index contributed by atoms with van der Waals surface area (Å²) in [5.74, 6) is -0.0237. The molecule has 0 aromatic carbocycles. The van der Waals surface area contributed by atoms with Crippen LogP contribution in [-0.4, -0.2) is 17.6 Å². The van der Waals surface area contributed by atoms with Crippen molar-refractivity contribution in [2.45, 2.75) is 26.2 Å². The standard InChI is InChI=1S/C14H17NO2/c1-2-17-14(16)12-7-5-11(6-8-12)13-4-3-9-15-10-13/h3-5,9-10,12H,2,6-8H2,1H3/t12-/m0/s1. The predicted octanol–water partition coefficient (Wildman–Crippen LogP) is 2.83. The topological polar surface area (TPSA) is 39.2 Å². The van der Waals surface area contributed by atoms with Gasteiger partial charge in [-0.2, -0.15) is 0 Å². The van der Waals surface area contributed by atoms with E-state index in [1.54, 1.807) is 6.20 Å². The van der Waals surface area contributed by atoms with Gasteiger partial charge in [0.25, 0.3) is 0 Å². The highest BCUT2D eigenvalue weighted by atomic mass is 16.5. The van der Waals surface area contributed by atoms with E-state index < -0.39 is 0 Å². The molecule has 17 heavy (non-hydrogen) atoms. The number of allylic oxidation sites excluding steroid dienone is 2. The zero-order valence-electron chi connectivity index (χ0n) is 10.1. The van der Waals surface area contributed by atoms with Gasteiger partial charge < -0.3 is 4.74 Å². The summed E-state index contributed by atoms with van der Waals surface area (Å²) in [5, 5.41) is 0. The molecule has 0 amide bonds. The number of rotatable bonds is 3. The molecule has 0 saturated heterocycles. The molecule has 1 aromatic rings. The lowest BCUT2D eigenvalue weighted by Crippen LogP contribution is -2.19. The molecule has 0 N–H and O–H groups in total. The van der Waals surface area contributed by atoms with Crippen molar-refractivity contribution in [3.63, 3.8) is 0 Å². The lowest BCUT2D eigenvalue weighted by Gasteiger charge is -2.20. The first kappa shape index (κ1) is 11.8. The minimum Gasteiger partial charge on any atom is -0.466 e. The molecular weight excluding hydrogens is 214 g/mol. The number of nitrogens with zero attached hydrogens (tertiary/aromatic N) is 1. The third-order valence-electron chi connectivity index (χ3n) is 3.06. The second-order valence-electron chi connectivity index (χ2n) is 4.19. The van der Waals surface area contributed by atoms with E-state index >= 15 is 0 Å². The van der Waals surface area contributed by atoms with Gasteiger partial charge in [0.15, 0.2) is 0 Å². The first-order chi connectivity index (χ1) is 8.31. The number of esters is 1. The maximum absolute atomic E-state index is 11.6. The zero-order chi connectivity index (χ0) is 12.1. The van der Waals surface area contributed by atoms with Gasteiger partial charge in [0.05, 0.1) is 12.5 Å². The van der Waals surface area contributed by atoms with Crippen molar-refractivity contribution in [3.8, 4) is 0 Å². The SMILES string of the molecule is CCOC(=O)[C@H]1CC=C(c2cccnc2)CC1. The fourth-order valence-corrected chi connectivity index (χ4v) is 2.12. The second-order valence-corrected chi connectivity index (χ2v) is 4.19. The Morgan fingerprint density at radius 3 is 3.06 bits per heavy atom. The zero-order valence-corrected chi connectivity index (χ0v) is 10.1. The van der Waals surface area contributed by atoms with Crippen LogP contribution in [0.2, 0.25) is 0 Å². The average molecular weight is 231 g/mol. The molecular formula is C14H17NO2. The van der Waals surface area contributed by atoms with E-state index in [9.17, 15) is 4.79 Å². The molecule has 1 aromatic heterocycles. The van der Waals surface area contributed by atoms with E-state index in [4.69, 9.17) is 4.74 Å². The number of ether oxygens (including phenoxy) is 1. The van der Waals surface area contributed by atoms with Gasteiger partial charge in [0.1, 0.15) is 0 Å². The first-order valence-electron chi connectivity index (χ1n) is 6.07. The maximum atomic E-state index is 11.6. The number of pyridine rings is 1. The van der Waals surface area contributed by atoms with E-state index in [0.717, 1.165) is 24.8 Å². The highest BCUT2D eigenvalue weighted by Gasteiger charge is 2.22. The van der Waals surface area contributed by atoms with Gasteiger partial charge in [-0.05, 0) is 43.4 Å². The second kappa shape index (κ2) is 5.62. The maximum Gasteiger partial charge on any atom is 0.309 e. The Labute approximate surface area is 102 Å². The molecule has 1 heterocycles. The molecule has 0 spiro atoms. The van der Waals surface area contributed by atoms with Gasteiger partial charge in [-0.1, -0.05) is 12.1 Å². The van der Waals surface area contributed by atoms with Gasteiger partial charge >= 0.3 is 5.97 Å². The van der Waals surface area contributed by atoms with E-state index in [-0.39, 0.29) is 11.9 Å². The summed E-state index contributed by atoms with van der Waals surface area (Å²) in [6, 6.07) is 4.00. The molecule has 1 aliphatic rings. The van der Waals surface area contributed by atoms with Crippen LogP contribution in [0.4, 0.5) is 0 Å². The van der Waals surface area contributed by atoms with Gasteiger partial charge in [-0.3, -0.25) is 9.78 Å². The van der Waals surface area contributed by atoms with Crippen LogP contribution in [0.25, 0.3) is 5.57 Å². The summed E-state index contributed by atoms with van der Waals surface area (Å²) < 4.78 is 5.04. The quantitative estimate of drug-likeness (QED) is 0.751. The van der Waals surface area contributed by atoms with E-state index in [2.05, 4.69) is 17.1 Å². The van der Waals surface area contributed by atoms with Crippen LogP contribution in [0.5, 0.6) is 0 Å². The predicted molar refractivity (Wildman–Crippen MR) is 66.2 cm³/mol. The monoisotopic (exact) mass is 231 g/mol. The van der Waals surface area contributed by atoms with Gasteiger partial charge in [0.2, 0.25) is 0 Å². The van der Waals surface area contributed by atoms with E-state index in [1.807, 2.05) is 19.2 Å². The van der Waals surface area contributed by atoms with Crippen LogP contribution in [0.3, 0.4) is 0 Å². The molecule has 2 rings (SSSR count).